The SMILES string of the molecule is Cc1cc(C)n(CCC(=O)NCCn2c(C)cnc2C2CCC2)n1. The number of amides is 1. The van der Waals surface area contributed by atoms with Crippen molar-refractivity contribution in [3.63, 3.8) is 0 Å². The first-order valence-electron chi connectivity index (χ1n) is 8.84. The third-order valence-corrected chi connectivity index (χ3v) is 4.87. The van der Waals surface area contributed by atoms with E-state index in [2.05, 4.69) is 26.9 Å². The van der Waals surface area contributed by atoms with Crippen molar-refractivity contribution in [1.82, 2.24) is 24.6 Å². The summed E-state index contributed by atoms with van der Waals surface area (Å²) in [6.45, 7) is 8.14. The summed E-state index contributed by atoms with van der Waals surface area (Å²) in [6.07, 6.45) is 6.19. The summed E-state index contributed by atoms with van der Waals surface area (Å²) in [7, 11) is 0. The highest BCUT2D eigenvalue weighted by atomic mass is 16.1. The van der Waals surface area contributed by atoms with Crippen LogP contribution in [0.3, 0.4) is 0 Å². The van der Waals surface area contributed by atoms with Crippen molar-refractivity contribution in [2.75, 3.05) is 6.54 Å². The number of rotatable bonds is 7. The monoisotopic (exact) mass is 329 g/mol. The van der Waals surface area contributed by atoms with E-state index in [1.165, 1.54) is 30.8 Å². The predicted octanol–water partition coefficient (Wildman–Crippen LogP) is 2.48. The van der Waals surface area contributed by atoms with E-state index in [0.29, 0.717) is 25.4 Å². The molecule has 1 aliphatic carbocycles. The molecule has 1 aliphatic rings. The molecule has 0 aliphatic heterocycles. The van der Waals surface area contributed by atoms with E-state index in [9.17, 15) is 4.79 Å². The molecule has 6 nitrogen and oxygen atoms in total. The Balaban J connectivity index is 1.45. The quantitative estimate of drug-likeness (QED) is 0.849. The van der Waals surface area contributed by atoms with E-state index in [1.54, 1.807) is 0 Å². The average molecular weight is 329 g/mol. The molecule has 3 rings (SSSR count). The summed E-state index contributed by atoms with van der Waals surface area (Å²) in [5.74, 6) is 1.88. The fourth-order valence-corrected chi connectivity index (χ4v) is 3.27. The van der Waals surface area contributed by atoms with Gasteiger partial charge in [0.25, 0.3) is 0 Å². The number of carbonyl (C=O) groups is 1. The molecule has 0 saturated heterocycles. The lowest BCUT2D eigenvalue weighted by molar-refractivity contribution is -0.121. The number of hydrogen-bond acceptors (Lipinski definition) is 3. The predicted molar refractivity (Wildman–Crippen MR) is 92.9 cm³/mol. The van der Waals surface area contributed by atoms with Gasteiger partial charge in [-0.25, -0.2) is 4.98 Å². The van der Waals surface area contributed by atoms with Gasteiger partial charge in [-0.3, -0.25) is 9.48 Å². The normalized spacial score (nSPS) is 14.6. The fourth-order valence-electron chi connectivity index (χ4n) is 3.27. The minimum absolute atomic E-state index is 0.0746. The van der Waals surface area contributed by atoms with E-state index in [0.717, 1.165) is 17.9 Å². The largest absolute Gasteiger partial charge is 0.354 e. The molecule has 0 radical (unpaired) electrons. The van der Waals surface area contributed by atoms with E-state index in [-0.39, 0.29) is 5.91 Å². The fraction of sp³-hybridized carbons (Fsp3) is 0.611. The van der Waals surface area contributed by atoms with Crippen LogP contribution in [0.4, 0.5) is 0 Å². The molecular formula is C18H27N5O. The minimum Gasteiger partial charge on any atom is -0.354 e. The number of imidazole rings is 1. The maximum atomic E-state index is 12.1. The Morgan fingerprint density at radius 3 is 2.67 bits per heavy atom. The highest BCUT2D eigenvalue weighted by molar-refractivity contribution is 5.75. The third kappa shape index (κ3) is 3.68. The first-order chi connectivity index (χ1) is 11.5. The Labute approximate surface area is 143 Å². The highest BCUT2D eigenvalue weighted by Crippen LogP contribution is 2.35. The second-order valence-electron chi connectivity index (χ2n) is 6.79. The van der Waals surface area contributed by atoms with Gasteiger partial charge in [-0.05, 0) is 39.7 Å². The second-order valence-corrected chi connectivity index (χ2v) is 6.79. The van der Waals surface area contributed by atoms with Gasteiger partial charge in [0.05, 0.1) is 5.69 Å². The third-order valence-electron chi connectivity index (χ3n) is 4.87. The second kappa shape index (κ2) is 7.20. The number of nitrogens with zero attached hydrogens (tertiary/aromatic N) is 4. The van der Waals surface area contributed by atoms with Crippen LogP contribution in [-0.2, 0) is 17.9 Å². The maximum absolute atomic E-state index is 12.1. The van der Waals surface area contributed by atoms with Crippen LogP contribution in [0.15, 0.2) is 12.3 Å². The molecule has 0 aromatic carbocycles. The molecule has 1 saturated carbocycles. The summed E-state index contributed by atoms with van der Waals surface area (Å²) in [5.41, 5.74) is 3.26. The number of aromatic nitrogens is 4. The Hall–Kier alpha value is -2.11. The van der Waals surface area contributed by atoms with Gasteiger partial charge in [0.15, 0.2) is 0 Å². The molecule has 0 atom stereocenters. The molecule has 2 heterocycles. The van der Waals surface area contributed by atoms with Gasteiger partial charge in [0.1, 0.15) is 5.82 Å². The molecule has 0 bridgehead atoms. The number of carbonyl (C=O) groups excluding carboxylic acids is 1. The van der Waals surface area contributed by atoms with Crippen molar-refractivity contribution >= 4 is 5.91 Å². The van der Waals surface area contributed by atoms with Crippen LogP contribution in [-0.4, -0.2) is 31.8 Å². The minimum atomic E-state index is 0.0746. The summed E-state index contributed by atoms with van der Waals surface area (Å²) < 4.78 is 4.15. The van der Waals surface area contributed by atoms with Gasteiger partial charge in [-0.2, -0.15) is 5.10 Å². The molecule has 0 unspecified atom stereocenters. The summed E-state index contributed by atoms with van der Waals surface area (Å²) in [5, 5.41) is 7.40. The lowest BCUT2D eigenvalue weighted by Gasteiger charge is -2.26. The van der Waals surface area contributed by atoms with Gasteiger partial charge in [0, 0.05) is 49.6 Å². The summed E-state index contributed by atoms with van der Waals surface area (Å²) >= 11 is 0. The molecular weight excluding hydrogens is 302 g/mol. The van der Waals surface area contributed by atoms with Crippen molar-refractivity contribution < 1.29 is 4.79 Å². The zero-order valence-electron chi connectivity index (χ0n) is 14.9. The topological polar surface area (TPSA) is 64.7 Å². The molecule has 1 amide bonds. The summed E-state index contributed by atoms with van der Waals surface area (Å²) in [4.78, 5) is 16.6. The van der Waals surface area contributed by atoms with Gasteiger partial charge in [-0.1, -0.05) is 6.42 Å². The maximum Gasteiger partial charge on any atom is 0.221 e. The molecule has 1 fully saturated rings. The van der Waals surface area contributed by atoms with Crippen LogP contribution >= 0.6 is 0 Å². The molecule has 24 heavy (non-hydrogen) atoms. The van der Waals surface area contributed by atoms with Crippen LogP contribution in [0, 0.1) is 20.8 Å². The Kier molecular flexibility index (Phi) is 5.02. The lowest BCUT2D eigenvalue weighted by Crippen LogP contribution is -2.29. The van der Waals surface area contributed by atoms with Crippen molar-refractivity contribution in [3.8, 4) is 0 Å². The average Bonchev–Trinajstić information content (AvgIpc) is 2.99. The number of hydrogen-bond donors (Lipinski definition) is 1. The van der Waals surface area contributed by atoms with Crippen LogP contribution < -0.4 is 5.32 Å². The number of nitrogens with one attached hydrogen (secondary N) is 1. The van der Waals surface area contributed by atoms with Crippen molar-refractivity contribution in [2.24, 2.45) is 0 Å². The van der Waals surface area contributed by atoms with E-state index < -0.39 is 0 Å². The first-order valence-corrected chi connectivity index (χ1v) is 8.84. The zero-order valence-corrected chi connectivity index (χ0v) is 14.9. The van der Waals surface area contributed by atoms with Gasteiger partial charge in [-0.15, -0.1) is 0 Å². The standard InChI is InChI=1S/C18H27N5O/c1-13-11-14(2)23(21-13)9-7-17(24)19-8-10-22-15(3)12-20-18(22)16-5-4-6-16/h11-12,16H,4-10H2,1-3H3,(H,19,24). The van der Waals surface area contributed by atoms with Gasteiger partial charge >= 0.3 is 0 Å². The smallest absolute Gasteiger partial charge is 0.221 e. The Bertz CT molecular complexity index is 711. The van der Waals surface area contributed by atoms with Crippen LogP contribution in [0.1, 0.15) is 54.5 Å². The molecule has 2 aromatic heterocycles. The first kappa shape index (κ1) is 16.7. The van der Waals surface area contributed by atoms with Gasteiger partial charge in [0.2, 0.25) is 5.91 Å². The number of aryl methyl sites for hydroxylation is 4. The van der Waals surface area contributed by atoms with Crippen LogP contribution in [0.25, 0.3) is 0 Å². The Morgan fingerprint density at radius 1 is 1.25 bits per heavy atom. The van der Waals surface area contributed by atoms with E-state index in [1.807, 2.05) is 30.8 Å². The van der Waals surface area contributed by atoms with Gasteiger partial charge < -0.3 is 9.88 Å². The Morgan fingerprint density at radius 2 is 2.04 bits per heavy atom. The highest BCUT2D eigenvalue weighted by Gasteiger charge is 2.24. The van der Waals surface area contributed by atoms with Crippen LogP contribution in [0.2, 0.25) is 0 Å². The molecule has 130 valence electrons. The molecule has 6 heteroatoms. The van der Waals surface area contributed by atoms with Crippen molar-refractivity contribution in [2.45, 2.75) is 65.5 Å². The zero-order chi connectivity index (χ0) is 17.1. The van der Waals surface area contributed by atoms with E-state index in [4.69, 9.17) is 0 Å². The van der Waals surface area contributed by atoms with E-state index >= 15 is 0 Å². The lowest BCUT2D eigenvalue weighted by atomic mass is 9.85. The molecule has 0 spiro atoms. The van der Waals surface area contributed by atoms with Crippen molar-refractivity contribution in [1.29, 1.82) is 0 Å². The molecule has 2 aromatic rings. The van der Waals surface area contributed by atoms with Crippen molar-refractivity contribution in [3.05, 3.63) is 35.2 Å². The van der Waals surface area contributed by atoms with Crippen LogP contribution in [0.5, 0.6) is 0 Å². The summed E-state index contributed by atoms with van der Waals surface area (Å²) in [6, 6.07) is 2.03. The molecule has 1 N–H and O–H groups in total.